The average Bonchev–Trinajstić information content (AvgIpc) is 3.04. The summed E-state index contributed by atoms with van der Waals surface area (Å²) in [6.07, 6.45) is 4.67. The lowest BCUT2D eigenvalue weighted by Gasteiger charge is -2.40. The van der Waals surface area contributed by atoms with Crippen LogP contribution in [-0.2, 0) is 6.54 Å². The van der Waals surface area contributed by atoms with E-state index in [-0.39, 0.29) is 0 Å². The van der Waals surface area contributed by atoms with Crippen LogP contribution >= 0.6 is 11.8 Å². The van der Waals surface area contributed by atoms with Crippen LogP contribution in [0.1, 0.15) is 12.8 Å². The zero-order chi connectivity index (χ0) is 15.5. The molecular formula is C18H26N4S. The third kappa shape index (κ3) is 3.57. The minimum absolute atomic E-state index is 0.834. The van der Waals surface area contributed by atoms with Crippen molar-refractivity contribution in [3.8, 4) is 0 Å². The monoisotopic (exact) mass is 330 g/mol. The molecule has 1 aromatic carbocycles. The topological polar surface area (TPSA) is 24.3 Å². The summed E-state index contributed by atoms with van der Waals surface area (Å²) in [6, 6.07) is 9.25. The van der Waals surface area contributed by atoms with E-state index in [9.17, 15) is 0 Å². The summed E-state index contributed by atoms with van der Waals surface area (Å²) in [6.45, 7) is 7.29. The number of nitrogens with zero attached hydrogens (tertiary/aromatic N) is 4. The molecule has 124 valence electrons. The van der Waals surface area contributed by atoms with Crippen molar-refractivity contribution in [1.82, 2.24) is 19.4 Å². The number of para-hydroxylation sites is 2. The lowest BCUT2D eigenvalue weighted by atomic mass is 10.0. The Balaban J connectivity index is 1.28. The van der Waals surface area contributed by atoms with Gasteiger partial charge in [-0.3, -0.25) is 4.90 Å². The van der Waals surface area contributed by atoms with Gasteiger partial charge in [-0.05, 0) is 38.1 Å². The van der Waals surface area contributed by atoms with Crippen molar-refractivity contribution >= 4 is 22.8 Å². The molecule has 4 rings (SSSR count). The Bertz CT molecular complexity index is 627. The van der Waals surface area contributed by atoms with E-state index in [1.807, 2.05) is 6.33 Å². The van der Waals surface area contributed by atoms with Crippen molar-refractivity contribution in [1.29, 1.82) is 0 Å². The van der Waals surface area contributed by atoms with Gasteiger partial charge < -0.3 is 9.47 Å². The Kier molecular flexibility index (Phi) is 4.88. The zero-order valence-corrected chi connectivity index (χ0v) is 14.5. The number of aromatic nitrogens is 2. The third-order valence-electron chi connectivity index (χ3n) is 5.30. The number of thioether (sulfide) groups is 1. The van der Waals surface area contributed by atoms with E-state index in [0.717, 1.165) is 24.6 Å². The molecule has 2 aliphatic heterocycles. The highest BCUT2D eigenvalue weighted by molar-refractivity contribution is 7.99. The van der Waals surface area contributed by atoms with Crippen LogP contribution in [-0.4, -0.2) is 69.6 Å². The molecule has 0 radical (unpaired) electrons. The van der Waals surface area contributed by atoms with Crippen molar-refractivity contribution in [2.75, 3.05) is 44.2 Å². The van der Waals surface area contributed by atoms with Crippen molar-refractivity contribution < 1.29 is 0 Å². The van der Waals surface area contributed by atoms with Crippen LogP contribution in [0.2, 0.25) is 0 Å². The minimum Gasteiger partial charge on any atom is -0.329 e. The first-order valence-electron chi connectivity index (χ1n) is 8.84. The van der Waals surface area contributed by atoms with E-state index in [4.69, 9.17) is 0 Å². The van der Waals surface area contributed by atoms with Crippen molar-refractivity contribution in [3.63, 3.8) is 0 Å². The predicted molar refractivity (Wildman–Crippen MR) is 98.1 cm³/mol. The first-order chi connectivity index (χ1) is 11.4. The van der Waals surface area contributed by atoms with Gasteiger partial charge in [-0.15, -0.1) is 0 Å². The fraction of sp³-hybridized carbons (Fsp3) is 0.611. The summed E-state index contributed by atoms with van der Waals surface area (Å²) < 4.78 is 2.29. The van der Waals surface area contributed by atoms with Crippen LogP contribution in [0, 0.1) is 0 Å². The summed E-state index contributed by atoms with van der Waals surface area (Å²) in [5.74, 6) is 2.65. The second-order valence-electron chi connectivity index (χ2n) is 6.65. The molecule has 2 fully saturated rings. The first kappa shape index (κ1) is 15.5. The summed E-state index contributed by atoms with van der Waals surface area (Å²) in [7, 11) is 0. The van der Waals surface area contributed by atoms with Crippen molar-refractivity contribution in [2.45, 2.75) is 25.4 Å². The number of hydrogen-bond acceptors (Lipinski definition) is 4. The Morgan fingerprint density at radius 2 is 1.78 bits per heavy atom. The van der Waals surface area contributed by atoms with Crippen LogP contribution in [0.5, 0.6) is 0 Å². The smallest absolute Gasteiger partial charge is 0.0958 e. The molecule has 0 bridgehead atoms. The number of benzene rings is 1. The first-order valence-corrected chi connectivity index (χ1v) is 10.00. The van der Waals surface area contributed by atoms with Crippen molar-refractivity contribution in [3.05, 3.63) is 30.6 Å². The van der Waals surface area contributed by atoms with Gasteiger partial charge in [-0.2, -0.15) is 11.8 Å². The fourth-order valence-corrected chi connectivity index (χ4v) is 4.82. The molecular weight excluding hydrogens is 304 g/mol. The molecule has 0 spiro atoms. The van der Waals surface area contributed by atoms with Gasteiger partial charge in [0.2, 0.25) is 0 Å². The Morgan fingerprint density at radius 3 is 2.61 bits per heavy atom. The van der Waals surface area contributed by atoms with Crippen LogP contribution in [0.25, 0.3) is 11.0 Å². The van der Waals surface area contributed by atoms with E-state index in [1.54, 1.807) is 0 Å². The van der Waals surface area contributed by atoms with Gasteiger partial charge >= 0.3 is 0 Å². The Morgan fingerprint density at radius 1 is 1.00 bits per heavy atom. The van der Waals surface area contributed by atoms with E-state index < -0.39 is 0 Å². The number of rotatable bonds is 4. The quantitative estimate of drug-likeness (QED) is 0.860. The van der Waals surface area contributed by atoms with Crippen LogP contribution < -0.4 is 0 Å². The van der Waals surface area contributed by atoms with Gasteiger partial charge in [0.1, 0.15) is 0 Å². The Labute approximate surface area is 142 Å². The maximum absolute atomic E-state index is 4.49. The van der Waals surface area contributed by atoms with Gasteiger partial charge in [0.05, 0.1) is 17.4 Å². The maximum Gasteiger partial charge on any atom is 0.0958 e. The number of likely N-dealkylation sites (tertiary alicyclic amines) is 1. The van der Waals surface area contributed by atoms with Crippen LogP contribution in [0.3, 0.4) is 0 Å². The highest BCUT2D eigenvalue weighted by Crippen LogP contribution is 2.20. The SMILES string of the molecule is c1ccc2c(c1)ncn2CCN1CCC(N2CCSCC2)CC1. The summed E-state index contributed by atoms with van der Waals surface area (Å²) in [5.41, 5.74) is 2.36. The molecule has 4 nitrogen and oxygen atoms in total. The normalized spacial score (nSPS) is 21.9. The molecule has 0 amide bonds. The lowest BCUT2D eigenvalue weighted by Crippen LogP contribution is -2.48. The summed E-state index contributed by atoms with van der Waals surface area (Å²) in [5, 5.41) is 0. The number of fused-ring (bicyclic) bond motifs is 1. The number of imidazole rings is 1. The van der Waals surface area contributed by atoms with Crippen molar-refractivity contribution in [2.24, 2.45) is 0 Å². The zero-order valence-electron chi connectivity index (χ0n) is 13.7. The largest absolute Gasteiger partial charge is 0.329 e. The molecule has 0 aliphatic carbocycles. The highest BCUT2D eigenvalue weighted by atomic mass is 32.2. The highest BCUT2D eigenvalue weighted by Gasteiger charge is 2.25. The van der Waals surface area contributed by atoms with E-state index in [0.29, 0.717) is 0 Å². The van der Waals surface area contributed by atoms with E-state index in [2.05, 4.69) is 55.4 Å². The summed E-state index contributed by atoms with van der Waals surface area (Å²) >= 11 is 2.11. The molecule has 0 unspecified atom stereocenters. The minimum atomic E-state index is 0.834. The third-order valence-corrected chi connectivity index (χ3v) is 6.25. The molecule has 5 heteroatoms. The predicted octanol–water partition coefficient (Wildman–Crippen LogP) is 2.55. The number of hydrogen-bond donors (Lipinski definition) is 0. The maximum atomic E-state index is 4.49. The molecule has 2 aromatic rings. The molecule has 23 heavy (non-hydrogen) atoms. The standard InChI is InChI=1S/C18H26N4S/c1-2-4-18-17(3-1)19-15-22(18)10-9-20-7-5-16(6-8-20)21-11-13-23-14-12-21/h1-4,15-16H,5-14H2. The van der Waals surface area contributed by atoms with E-state index in [1.165, 1.54) is 56.0 Å². The lowest BCUT2D eigenvalue weighted by molar-refractivity contribution is 0.114. The molecule has 0 atom stereocenters. The molecule has 0 N–H and O–H groups in total. The van der Waals surface area contributed by atoms with Crippen LogP contribution in [0.15, 0.2) is 30.6 Å². The molecule has 1 aromatic heterocycles. The van der Waals surface area contributed by atoms with Gasteiger partial charge in [0, 0.05) is 43.7 Å². The second-order valence-corrected chi connectivity index (χ2v) is 7.87. The molecule has 3 heterocycles. The molecule has 2 saturated heterocycles. The second kappa shape index (κ2) is 7.24. The summed E-state index contributed by atoms with van der Waals surface area (Å²) in [4.78, 5) is 9.85. The van der Waals surface area contributed by atoms with Gasteiger partial charge in [0.15, 0.2) is 0 Å². The Hall–Kier alpha value is -1.04. The van der Waals surface area contributed by atoms with Gasteiger partial charge in [-0.1, -0.05) is 12.1 Å². The fourth-order valence-electron chi connectivity index (χ4n) is 3.89. The van der Waals surface area contributed by atoms with Crippen LogP contribution in [0.4, 0.5) is 0 Å². The molecule has 0 saturated carbocycles. The number of piperidine rings is 1. The van der Waals surface area contributed by atoms with Gasteiger partial charge in [0.25, 0.3) is 0 Å². The van der Waals surface area contributed by atoms with E-state index >= 15 is 0 Å². The van der Waals surface area contributed by atoms with Gasteiger partial charge in [-0.25, -0.2) is 4.98 Å². The molecule has 2 aliphatic rings. The average molecular weight is 331 g/mol.